The van der Waals surface area contributed by atoms with Gasteiger partial charge in [0.05, 0.1) is 6.04 Å². The second kappa shape index (κ2) is 8.02. The number of hydrogen-bond donors (Lipinski definition) is 2. The van der Waals surface area contributed by atoms with Gasteiger partial charge in [-0.2, -0.15) is 17.4 Å². The van der Waals surface area contributed by atoms with Crippen LogP contribution in [0.2, 0.25) is 0 Å². The van der Waals surface area contributed by atoms with E-state index in [-0.39, 0.29) is 12.7 Å². The van der Waals surface area contributed by atoms with Gasteiger partial charge in [-0.3, -0.25) is 4.79 Å². The number of benzene rings is 2. The van der Waals surface area contributed by atoms with Crippen molar-refractivity contribution in [2.75, 3.05) is 20.4 Å². The van der Waals surface area contributed by atoms with Crippen molar-refractivity contribution >= 4 is 16.1 Å². The third-order valence-electron chi connectivity index (χ3n) is 5.23. The van der Waals surface area contributed by atoms with Gasteiger partial charge in [-0.15, -0.1) is 0 Å². The highest BCUT2D eigenvalue weighted by Gasteiger charge is 2.40. The molecule has 0 radical (unpaired) electrons. The second-order valence-electron chi connectivity index (χ2n) is 7.08. The smallest absolute Gasteiger partial charge is 0.280 e. The Morgan fingerprint density at radius 3 is 2.72 bits per heavy atom. The summed E-state index contributed by atoms with van der Waals surface area (Å²) in [6, 6.07) is 13.8. The summed E-state index contributed by atoms with van der Waals surface area (Å²) in [6.45, 7) is 0.583. The van der Waals surface area contributed by atoms with Crippen molar-refractivity contribution in [3.8, 4) is 11.5 Å². The lowest BCUT2D eigenvalue weighted by Crippen LogP contribution is -2.57. The third-order valence-corrected chi connectivity index (χ3v) is 6.82. The lowest BCUT2D eigenvalue weighted by molar-refractivity contribution is -0.125. The summed E-state index contributed by atoms with van der Waals surface area (Å²) in [5, 5.41) is 2.87. The second-order valence-corrected chi connectivity index (χ2v) is 8.84. The predicted molar refractivity (Wildman–Crippen MR) is 107 cm³/mol. The van der Waals surface area contributed by atoms with Crippen molar-refractivity contribution in [1.82, 2.24) is 14.3 Å². The summed E-state index contributed by atoms with van der Waals surface area (Å²) in [7, 11) is -2.38. The molecule has 2 atom stereocenters. The minimum absolute atomic E-state index is 0.143. The molecular weight excluding hydrogens is 394 g/mol. The van der Waals surface area contributed by atoms with Gasteiger partial charge in [-0.1, -0.05) is 36.4 Å². The molecule has 2 heterocycles. The highest BCUT2D eigenvalue weighted by Crippen LogP contribution is 2.36. The van der Waals surface area contributed by atoms with E-state index in [1.807, 2.05) is 30.3 Å². The minimum atomic E-state index is -3.79. The largest absolute Gasteiger partial charge is 0.454 e. The molecule has 2 unspecified atom stereocenters. The van der Waals surface area contributed by atoms with Crippen LogP contribution in [-0.4, -0.2) is 45.1 Å². The fourth-order valence-electron chi connectivity index (χ4n) is 3.55. The average molecular weight is 417 g/mol. The van der Waals surface area contributed by atoms with E-state index in [9.17, 15) is 13.2 Å². The third kappa shape index (κ3) is 4.21. The minimum Gasteiger partial charge on any atom is -0.454 e. The maximum absolute atomic E-state index is 12.8. The number of rotatable bonds is 5. The molecule has 2 aromatic carbocycles. The van der Waals surface area contributed by atoms with Gasteiger partial charge in [-0.05, 0) is 36.1 Å². The number of fused-ring (bicyclic) bond motifs is 1. The maximum Gasteiger partial charge on any atom is 0.280 e. The van der Waals surface area contributed by atoms with Crippen molar-refractivity contribution in [3.63, 3.8) is 0 Å². The summed E-state index contributed by atoms with van der Waals surface area (Å²) >= 11 is 0. The van der Waals surface area contributed by atoms with Gasteiger partial charge in [-0.25, -0.2) is 0 Å². The molecule has 1 amide bonds. The molecule has 0 spiro atoms. The zero-order valence-electron chi connectivity index (χ0n) is 16.0. The lowest BCUT2D eigenvalue weighted by Gasteiger charge is -2.36. The van der Waals surface area contributed by atoms with Gasteiger partial charge in [0, 0.05) is 13.6 Å². The van der Waals surface area contributed by atoms with Gasteiger partial charge in [0.25, 0.3) is 10.2 Å². The first-order valence-corrected chi connectivity index (χ1v) is 10.8. The molecule has 0 aromatic heterocycles. The van der Waals surface area contributed by atoms with E-state index < -0.39 is 22.3 Å². The molecule has 0 aliphatic carbocycles. The topological polar surface area (TPSA) is 97.0 Å². The van der Waals surface area contributed by atoms with Crippen LogP contribution < -0.4 is 19.5 Å². The van der Waals surface area contributed by atoms with Crippen LogP contribution in [0.4, 0.5) is 0 Å². The van der Waals surface area contributed by atoms with Gasteiger partial charge in [0.2, 0.25) is 12.7 Å². The highest BCUT2D eigenvalue weighted by atomic mass is 32.2. The SMILES string of the molecule is CN1C(C(=O)NCCc2ccccc2)CC(c2ccc3c(c2)OCO3)NS1(=O)=O. The number of nitrogens with zero attached hydrogens (tertiary/aromatic N) is 1. The number of likely N-dealkylation sites (N-methyl/N-ethyl adjacent to an activating group) is 1. The maximum atomic E-state index is 12.8. The Kier molecular flexibility index (Phi) is 5.44. The van der Waals surface area contributed by atoms with Crippen molar-refractivity contribution < 1.29 is 22.7 Å². The molecule has 2 aliphatic rings. The van der Waals surface area contributed by atoms with E-state index in [2.05, 4.69) is 10.0 Å². The molecule has 8 nitrogen and oxygen atoms in total. The van der Waals surface area contributed by atoms with Crippen LogP contribution in [0.3, 0.4) is 0 Å². The molecule has 4 rings (SSSR count). The van der Waals surface area contributed by atoms with E-state index in [0.29, 0.717) is 30.9 Å². The molecular formula is C20H23N3O5S. The van der Waals surface area contributed by atoms with Gasteiger partial charge >= 0.3 is 0 Å². The normalized spacial score (nSPS) is 22.9. The van der Waals surface area contributed by atoms with E-state index >= 15 is 0 Å². The Morgan fingerprint density at radius 1 is 1.17 bits per heavy atom. The van der Waals surface area contributed by atoms with Crippen LogP contribution in [0.15, 0.2) is 48.5 Å². The summed E-state index contributed by atoms with van der Waals surface area (Å²) in [5.74, 6) is 0.892. The summed E-state index contributed by atoms with van der Waals surface area (Å²) in [4.78, 5) is 12.8. The molecule has 1 saturated heterocycles. The van der Waals surface area contributed by atoms with Crippen molar-refractivity contribution in [2.45, 2.75) is 24.9 Å². The van der Waals surface area contributed by atoms with Crippen molar-refractivity contribution in [2.24, 2.45) is 0 Å². The predicted octanol–water partition coefficient (Wildman–Crippen LogP) is 1.35. The van der Waals surface area contributed by atoms with E-state index in [1.54, 1.807) is 18.2 Å². The number of amides is 1. The zero-order chi connectivity index (χ0) is 20.4. The van der Waals surface area contributed by atoms with Gasteiger partial charge < -0.3 is 14.8 Å². The van der Waals surface area contributed by atoms with Crippen LogP contribution in [0, 0.1) is 0 Å². The number of hydrogen-bond acceptors (Lipinski definition) is 5. The Hall–Kier alpha value is -2.62. The highest BCUT2D eigenvalue weighted by molar-refractivity contribution is 7.87. The van der Waals surface area contributed by atoms with Crippen LogP contribution in [0.1, 0.15) is 23.6 Å². The van der Waals surface area contributed by atoms with Crippen LogP contribution in [0.25, 0.3) is 0 Å². The van der Waals surface area contributed by atoms with Crippen molar-refractivity contribution in [3.05, 3.63) is 59.7 Å². The van der Waals surface area contributed by atoms with Crippen LogP contribution in [0.5, 0.6) is 11.5 Å². The van der Waals surface area contributed by atoms with Gasteiger partial charge in [0.1, 0.15) is 6.04 Å². The van der Waals surface area contributed by atoms with Crippen molar-refractivity contribution in [1.29, 1.82) is 0 Å². The monoisotopic (exact) mass is 417 g/mol. The number of carbonyl (C=O) groups excluding carboxylic acids is 1. The van der Waals surface area contributed by atoms with E-state index in [0.717, 1.165) is 15.4 Å². The first-order valence-electron chi connectivity index (χ1n) is 9.40. The standard InChI is InChI=1S/C20H23N3O5S/c1-23-17(20(24)21-10-9-14-5-3-2-4-6-14)12-16(22-29(23,25)26)15-7-8-18-19(11-15)28-13-27-18/h2-8,11,16-17,22H,9-10,12-13H2,1H3,(H,21,24). The fourth-order valence-corrected chi connectivity index (χ4v) is 4.82. The van der Waals surface area contributed by atoms with Crippen LogP contribution >= 0.6 is 0 Å². The fraction of sp³-hybridized carbons (Fsp3) is 0.350. The van der Waals surface area contributed by atoms with E-state index in [4.69, 9.17) is 9.47 Å². The molecule has 154 valence electrons. The molecule has 2 N–H and O–H groups in total. The first-order chi connectivity index (χ1) is 13.9. The average Bonchev–Trinajstić information content (AvgIpc) is 3.18. The number of nitrogens with one attached hydrogen (secondary N) is 2. The van der Waals surface area contributed by atoms with Crippen LogP contribution in [-0.2, 0) is 21.4 Å². The first kappa shape index (κ1) is 19.7. The molecule has 0 bridgehead atoms. The Labute approximate surface area is 170 Å². The molecule has 2 aromatic rings. The Morgan fingerprint density at radius 2 is 1.93 bits per heavy atom. The summed E-state index contributed by atoms with van der Waals surface area (Å²) < 4.78 is 39.6. The number of ether oxygens (including phenoxy) is 2. The molecule has 9 heteroatoms. The number of carbonyl (C=O) groups is 1. The summed E-state index contributed by atoms with van der Waals surface area (Å²) in [5.41, 5.74) is 1.84. The van der Waals surface area contributed by atoms with Gasteiger partial charge in [0.15, 0.2) is 11.5 Å². The lowest BCUT2D eigenvalue weighted by atomic mass is 9.99. The quantitative estimate of drug-likeness (QED) is 0.766. The summed E-state index contributed by atoms with van der Waals surface area (Å²) in [6.07, 6.45) is 0.992. The Bertz CT molecular complexity index is 996. The molecule has 29 heavy (non-hydrogen) atoms. The van der Waals surface area contributed by atoms with E-state index in [1.165, 1.54) is 7.05 Å². The molecule has 0 saturated carbocycles. The molecule has 1 fully saturated rings. The zero-order valence-corrected chi connectivity index (χ0v) is 16.8. The molecule has 2 aliphatic heterocycles. The Balaban J connectivity index is 1.46.